The lowest BCUT2D eigenvalue weighted by atomic mass is 10.2. The molecule has 0 unspecified atom stereocenters. The van der Waals surface area contributed by atoms with Crippen molar-refractivity contribution >= 4 is 11.6 Å². The highest BCUT2D eigenvalue weighted by Gasteiger charge is 2.07. The molecule has 0 aromatic heterocycles. The quantitative estimate of drug-likeness (QED) is 0.743. The van der Waals surface area contributed by atoms with E-state index in [4.69, 9.17) is 10.5 Å². The zero-order chi connectivity index (χ0) is 12.7. The van der Waals surface area contributed by atoms with Crippen LogP contribution < -0.4 is 11.1 Å². The summed E-state index contributed by atoms with van der Waals surface area (Å²) in [5, 5.41) is 2.49. The molecule has 0 radical (unpaired) electrons. The van der Waals surface area contributed by atoms with Gasteiger partial charge in [0.25, 0.3) is 0 Å². The van der Waals surface area contributed by atoms with Crippen molar-refractivity contribution in [2.75, 3.05) is 18.5 Å². The average Bonchev–Trinajstić information content (AvgIpc) is 2.32. The van der Waals surface area contributed by atoms with Crippen LogP contribution >= 0.6 is 0 Å². The van der Waals surface area contributed by atoms with Gasteiger partial charge in [-0.15, -0.1) is 0 Å². The van der Waals surface area contributed by atoms with Crippen molar-refractivity contribution in [1.29, 1.82) is 0 Å². The molecule has 94 valence electrons. The van der Waals surface area contributed by atoms with Crippen molar-refractivity contribution in [1.82, 2.24) is 0 Å². The van der Waals surface area contributed by atoms with Gasteiger partial charge in [0.15, 0.2) is 0 Å². The van der Waals surface area contributed by atoms with Crippen LogP contribution in [-0.4, -0.2) is 19.1 Å². The number of halogens is 1. The molecule has 0 aliphatic rings. The Morgan fingerprint density at radius 1 is 1.53 bits per heavy atom. The van der Waals surface area contributed by atoms with Crippen LogP contribution in [-0.2, 0) is 16.1 Å². The second-order valence-electron chi connectivity index (χ2n) is 3.51. The van der Waals surface area contributed by atoms with Gasteiger partial charge in [-0.1, -0.05) is 6.07 Å². The highest BCUT2D eigenvalue weighted by atomic mass is 19.1. The number of carbonyl (C=O) groups excluding carboxylic acids is 1. The van der Waals surface area contributed by atoms with Crippen LogP contribution in [0, 0.1) is 5.82 Å². The van der Waals surface area contributed by atoms with Crippen LogP contribution in [0.3, 0.4) is 0 Å². The molecule has 0 atom stereocenters. The minimum absolute atomic E-state index is 0.170. The van der Waals surface area contributed by atoms with Gasteiger partial charge in [0.1, 0.15) is 5.82 Å². The first kappa shape index (κ1) is 13.6. The van der Waals surface area contributed by atoms with Gasteiger partial charge >= 0.3 is 0 Å². The molecule has 0 heterocycles. The van der Waals surface area contributed by atoms with Crippen molar-refractivity contribution in [2.45, 2.75) is 19.9 Å². The van der Waals surface area contributed by atoms with Crippen molar-refractivity contribution in [3.8, 4) is 0 Å². The summed E-state index contributed by atoms with van der Waals surface area (Å²) in [4.78, 5) is 11.4. The maximum absolute atomic E-state index is 13.5. The first-order valence-corrected chi connectivity index (χ1v) is 5.53. The zero-order valence-corrected chi connectivity index (χ0v) is 9.83. The van der Waals surface area contributed by atoms with Gasteiger partial charge in [0, 0.05) is 13.2 Å². The van der Waals surface area contributed by atoms with E-state index in [1.165, 1.54) is 12.1 Å². The number of nitrogens with two attached hydrogens (primary N) is 1. The number of carbonyl (C=O) groups is 1. The smallest absolute Gasteiger partial charge is 0.226 e. The molecule has 1 aromatic carbocycles. The molecule has 0 fully saturated rings. The van der Waals surface area contributed by atoms with Crippen LogP contribution in [0.25, 0.3) is 0 Å². The van der Waals surface area contributed by atoms with E-state index in [2.05, 4.69) is 5.32 Å². The highest BCUT2D eigenvalue weighted by molar-refractivity contribution is 5.90. The Labute approximate surface area is 100.0 Å². The molecule has 1 amide bonds. The molecular formula is C12H17FN2O2. The highest BCUT2D eigenvalue weighted by Crippen LogP contribution is 2.15. The lowest BCUT2D eigenvalue weighted by Gasteiger charge is -2.07. The summed E-state index contributed by atoms with van der Waals surface area (Å²) in [6, 6.07) is 4.51. The predicted octanol–water partition coefficient (Wildman–Crippen LogP) is 1.65. The van der Waals surface area contributed by atoms with Crippen molar-refractivity contribution in [2.24, 2.45) is 5.73 Å². The fourth-order valence-electron chi connectivity index (χ4n) is 1.31. The molecule has 4 nitrogen and oxygen atoms in total. The Hall–Kier alpha value is -1.46. The number of ether oxygens (including phenoxy) is 1. The third-order valence-electron chi connectivity index (χ3n) is 2.22. The van der Waals surface area contributed by atoms with Gasteiger partial charge in [0.05, 0.1) is 18.7 Å². The van der Waals surface area contributed by atoms with Crippen LogP contribution in [0.5, 0.6) is 0 Å². The Kier molecular flexibility index (Phi) is 5.59. The first-order chi connectivity index (χ1) is 8.17. The second-order valence-corrected chi connectivity index (χ2v) is 3.51. The monoisotopic (exact) mass is 240 g/mol. The van der Waals surface area contributed by atoms with E-state index in [1.54, 1.807) is 6.07 Å². The molecule has 1 aromatic rings. The molecule has 0 saturated heterocycles. The third-order valence-corrected chi connectivity index (χ3v) is 2.22. The lowest BCUT2D eigenvalue weighted by molar-refractivity contribution is -0.117. The maximum atomic E-state index is 13.5. The maximum Gasteiger partial charge on any atom is 0.226 e. The Morgan fingerprint density at radius 2 is 2.29 bits per heavy atom. The van der Waals surface area contributed by atoms with Gasteiger partial charge < -0.3 is 15.8 Å². The topological polar surface area (TPSA) is 64.3 Å². The summed E-state index contributed by atoms with van der Waals surface area (Å²) >= 11 is 0. The zero-order valence-electron chi connectivity index (χ0n) is 9.83. The second kappa shape index (κ2) is 6.98. The Balaban J connectivity index is 2.53. The minimum Gasteiger partial charge on any atom is -0.381 e. The first-order valence-electron chi connectivity index (χ1n) is 5.53. The molecule has 0 bridgehead atoms. The van der Waals surface area contributed by atoms with Crippen LogP contribution in [0.4, 0.5) is 10.1 Å². The molecule has 0 aliphatic heterocycles. The van der Waals surface area contributed by atoms with E-state index in [-0.39, 0.29) is 24.6 Å². The van der Waals surface area contributed by atoms with Crippen LogP contribution in [0.15, 0.2) is 18.2 Å². The summed E-state index contributed by atoms with van der Waals surface area (Å²) in [6.07, 6.45) is 0.214. The fourth-order valence-corrected chi connectivity index (χ4v) is 1.31. The van der Waals surface area contributed by atoms with E-state index in [9.17, 15) is 9.18 Å². The molecule has 17 heavy (non-hydrogen) atoms. The van der Waals surface area contributed by atoms with Crippen molar-refractivity contribution in [3.05, 3.63) is 29.6 Å². The number of rotatable bonds is 6. The predicted molar refractivity (Wildman–Crippen MR) is 64.0 cm³/mol. The van der Waals surface area contributed by atoms with Crippen molar-refractivity contribution in [3.63, 3.8) is 0 Å². The summed E-state index contributed by atoms with van der Waals surface area (Å²) in [7, 11) is 0. The van der Waals surface area contributed by atoms with Gasteiger partial charge in [-0.3, -0.25) is 4.79 Å². The van der Waals surface area contributed by atoms with E-state index in [1.807, 2.05) is 6.92 Å². The van der Waals surface area contributed by atoms with Gasteiger partial charge in [-0.2, -0.15) is 0 Å². The molecule has 0 saturated carbocycles. The number of hydrogen-bond donors (Lipinski definition) is 2. The number of benzene rings is 1. The van der Waals surface area contributed by atoms with Gasteiger partial charge in [-0.05, 0) is 24.6 Å². The fraction of sp³-hybridized carbons (Fsp3) is 0.417. The molecule has 1 rings (SSSR count). The van der Waals surface area contributed by atoms with Crippen LogP contribution in [0.2, 0.25) is 0 Å². The van der Waals surface area contributed by atoms with Crippen LogP contribution in [0.1, 0.15) is 18.9 Å². The van der Waals surface area contributed by atoms with E-state index >= 15 is 0 Å². The number of nitrogens with one attached hydrogen (secondary N) is 1. The molecule has 0 aliphatic carbocycles. The summed E-state index contributed by atoms with van der Waals surface area (Å²) < 4.78 is 18.5. The SMILES string of the molecule is CCOCCC(=O)Nc1ccc(CN)cc1F. The number of hydrogen-bond acceptors (Lipinski definition) is 3. The average molecular weight is 240 g/mol. The number of anilines is 1. The lowest BCUT2D eigenvalue weighted by Crippen LogP contribution is -2.15. The number of amides is 1. The molecule has 0 spiro atoms. The van der Waals surface area contributed by atoms with Gasteiger partial charge in [0.2, 0.25) is 5.91 Å². The Bertz CT molecular complexity index is 383. The minimum atomic E-state index is -0.474. The summed E-state index contributed by atoms with van der Waals surface area (Å²) in [6.45, 7) is 3.02. The molecular weight excluding hydrogens is 223 g/mol. The largest absolute Gasteiger partial charge is 0.381 e. The molecule has 5 heteroatoms. The standard InChI is InChI=1S/C12H17FN2O2/c1-2-17-6-5-12(16)15-11-4-3-9(8-14)7-10(11)13/h3-4,7H,2,5-6,8,14H2,1H3,(H,15,16). The van der Waals surface area contributed by atoms with E-state index in [0.29, 0.717) is 18.8 Å². The van der Waals surface area contributed by atoms with Crippen molar-refractivity contribution < 1.29 is 13.9 Å². The van der Waals surface area contributed by atoms with Gasteiger partial charge in [-0.25, -0.2) is 4.39 Å². The summed E-state index contributed by atoms with van der Waals surface area (Å²) in [5.74, 6) is -0.740. The third kappa shape index (κ3) is 4.50. The normalized spacial score (nSPS) is 10.3. The van der Waals surface area contributed by atoms with E-state index in [0.717, 1.165) is 0 Å². The van der Waals surface area contributed by atoms with E-state index < -0.39 is 5.82 Å². The molecule has 3 N–H and O–H groups in total. The Morgan fingerprint density at radius 3 is 2.88 bits per heavy atom. The summed E-state index contributed by atoms with van der Waals surface area (Å²) in [5.41, 5.74) is 6.24.